The molecular weight excluding hydrogens is 242 g/mol. The van der Waals surface area contributed by atoms with E-state index in [1.807, 2.05) is 24.3 Å². The highest BCUT2D eigenvalue weighted by Crippen LogP contribution is 2.34. The van der Waals surface area contributed by atoms with E-state index < -0.39 is 12.2 Å². The van der Waals surface area contributed by atoms with Crippen LogP contribution in [-0.4, -0.2) is 35.0 Å². The number of fused-ring (bicyclic) bond motifs is 1. The zero-order valence-corrected chi connectivity index (χ0v) is 10.9. The summed E-state index contributed by atoms with van der Waals surface area (Å²) in [6.07, 6.45) is -1.59. The number of nitrogens with one attached hydrogen (secondary N) is 1. The fourth-order valence-corrected chi connectivity index (χ4v) is 2.24. The van der Waals surface area contributed by atoms with E-state index in [4.69, 9.17) is 0 Å². The monoisotopic (exact) mass is 261 g/mol. The van der Waals surface area contributed by atoms with Crippen molar-refractivity contribution in [3.8, 4) is 5.75 Å². The Morgan fingerprint density at radius 1 is 1.11 bits per heavy atom. The van der Waals surface area contributed by atoms with E-state index in [1.54, 1.807) is 19.2 Å². The lowest BCUT2D eigenvalue weighted by Crippen LogP contribution is -2.23. The molecule has 0 saturated heterocycles. The number of phenolic OH excluding ortho intramolecular Hbond substituents is 1. The summed E-state index contributed by atoms with van der Waals surface area (Å²) >= 11 is 0. The summed E-state index contributed by atoms with van der Waals surface area (Å²) in [6, 6.07) is 10.8. The smallest absolute Gasteiger partial charge is 0.122 e. The minimum Gasteiger partial charge on any atom is -0.508 e. The molecule has 0 aromatic heterocycles. The number of benzene rings is 2. The molecule has 102 valence electrons. The van der Waals surface area contributed by atoms with Crippen LogP contribution in [0.3, 0.4) is 0 Å². The Morgan fingerprint density at radius 2 is 1.84 bits per heavy atom. The predicted molar refractivity (Wildman–Crippen MR) is 75.1 cm³/mol. The lowest BCUT2D eigenvalue weighted by molar-refractivity contribution is 0.0136. The Balaban J connectivity index is 2.40. The van der Waals surface area contributed by atoms with Crippen LogP contribution in [0.25, 0.3) is 10.8 Å². The molecule has 2 aromatic carbocycles. The quantitative estimate of drug-likeness (QED) is 0.659. The molecule has 4 nitrogen and oxygen atoms in total. The summed E-state index contributed by atoms with van der Waals surface area (Å²) in [6.45, 7) is 0.601. The maximum atomic E-state index is 10.3. The standard InChI is InChI=1S/C15H19NO3/c1-16-9-8-13(18)15(19)14-11-5-3-2-4-10(11)6-7-12(14)17/h2-7,13,15-19H,8-9H2,1H3. The number of hydrogen-bond donors (Lipinski definition) is 4. The minimum absolute atomic E-state index is 0.00899. The van der Waals surface area contributed by atoms with Crippen LogP contribution in [-0.2, 0) is 0 Å². The van der Waals surface area contributed by atoms with Crippen LogP contribution in [0.1, 0.15) is 18.1 Å². The van der Waals surface area contributed by atoms with Crippen molar-refractivity contribution < 1.29 is 15.3 Å². The lowest BCUT2D eigenvalue weighted by Gasteiger charge is -2.20. The largest absolute Gasteiger partial charge is 0.508 e. The van der Waals surface area contributed by atoms with Crippen molar-refractivity contribution in [1.82, 2.24) is 5.32 Å². The van der Waals surface area contributed by atoms with Crippen molar-refractivity contribution >= 4 is 10.8 Å². The molecular formula is C15H19NO3. The van der Waals surface area contributed by atoms with Gasteiger partial charge in [0.1, 0.15) is 11.9 Å². The van der Waals surface area contributed by atoms with E-state index in [0.717, 1.165) is 10.8 Å². The van der Waals surface area contributed by atoms with Gasteiger partial charge in [-0.15, -0.1) is 0 Å². The molecule has 0 fully saturated rings. The van der Waals surface area contributed by atoms with Gasteiger partial charge in [-0.25, -0.2) is 0 Å². The second kappa shape index (κ2) is 6.02. The molecule has 0 aliphatic carbocycles. The maximum absolute atomic E-state index is 10.3. The zero-order valence-electron chi connectivity index (χ0n) is 10.9. The van der Waals surface area contributed by atoms with Crippen molar-refractivity contribution in [2.45, 2.75) is 18.6 Å². The van der Waals surface area contributed by atoms with E-state index in [1.165, 1.54) is 0 Å². The first-order valence-corrected chi connectivity index (χ1v) is 6.36. The molecule has 2 atom stereocenters. The summed E-state index contributed by atoms with van der Waals surface area (Å²) in [5.41, 5.74) is 0.390. The topological polar surface area (TPSA) is 72.7 Å². The molecule has 4 heteroatoms. The second-order valence-electron chi connectivity index (χ2n) is 4.62. The highest BCUT2D eigenvalue weighted by molar-refractivity contribution is 5.88. The first kappa shape index (κ1) is 13.8. The van der Waals surface area contributed by atoms with Gasteiger partial charge in [-0.2, -0.15) is 0 Å². The van der Waals surface area contributed by atoms with Crippen LogP contribution in [0.5, 0.6) is 5.75 Å². The fraction of sp³-hybridized carbons (Fsp3) is 0.333. The first-order chi connectivity index (χ1) is 9.15. The van der Waals surface area contributed by atoms with Crippen LogP contribution in [0, 0.1) is 0 Å². The van der Waals surface area contributed by atoms with E-state index in [-0.39, 0.29) is 5.75 Å². The van der Waals surface area contributed by atoms with Crippen molar-refractivity contribution in [1.29, 1.82) is 0 Å². The van der Waals surface area contributed by atoms with Crippen LogP contribution >= 0.6 is 0 Å². The molecule has 0 heterocycles. The molecule has 19 heavy (non-hydrogen) atoms. The van der Waals surface area contributed by atoms with Crippen molar-refractivity contribution in [2.24, 2.45) is 0 Å². The summed E-state index contributed by atoms with van der Waals surface area (Å²) in [4.78, 5) is 0. The van der Waals surface area contributed by atoms with Gasteiger partial charge in [0.05, 0.1) is 6.10 Å². The molecule has 0 radical (unpaired) electrons. The molecule has 2 unspecified atom stereocenters. The second-order valence-corrected chi connectivity index (χ2v) is 4.62. The summed E-state index contributed by atoms with van der Waals surface area (Å²) in [7, 11) is 1.79. The van der Waals surface area contributed by atoms with E-state index in [0.29, 0.717) is 18.5 Å². The molecule has 0 aliphatic rings. The summed E-state index contributed by atoms with van der Waals surface area (Å²) in [5.74, 6) is 0.00899. The van der Waals surface area contributed by atoms with Gasteiger partial charge in [0, 0.05) is 5.56 Å². The number of hydrogen-bond acceptors (Lipinski definition) is 4. The zero-order chi connectivity index (χ0) is 13.8. The number of aromatic hydroxyl groups is 1. The Morgan fingerprint density at radius 3 is 2.58 bits per heavy atom. The third-order valence-electron chi connectivity index (χ3n) is 3.30. The summed E-state index contributed by atoms with van der Waals surface area (Å²) in [5, 5.41) is 34.8. The first-order valence-electron chi connectivity index (χ1n) is 6.36. The SMILES string of the molecule is CNCCC(O)C(O)c1c(O)ccc2ccccc12. The van der Waals surface area contributed by atoms with Gasteiger partial charge in [0.15, 0.2) is 0 Å². The van der Waals surface area contributed by atoms with E-state index in [2.05, 4.69) is 5.32 Å². The maximum Gasteiger partial charge on any atom is 0.122 e. The molecule has 2 aromatic rings. The fourth-order valence-electron chi connectivity index (χ4n) is 2.24. The van der Waals surface area contributed by atoms with Crippen LogP contribution in [0.2, 0.25) is 0 Å². The average molecular weight is 261 g/mol. The molecule has 0 spiro atoms. The minimum atomic E-state index is -1.10. The van der Waals surface area contributed by atoms with Crippen molar-refractivity contribution in [3.63, 3.8) is 0 Å². The number of rotatable bonds is 5. The van der Waals surface area contributed by atoms with E-state index >= 15 is 0 Å². The number of phenols is 1. The molecule has 0 saturated carbocycles. The molecule has 2 rings (SSSR count). The third kappa shape index (κ3) is 2.87. The molecule has 4 N–H and O–H groups in total. The predicted octanol–water partition coefficient (Wildman–Crippen LogP) is 1.55. The third-order valence-corrected chi connectivity index (χ3v) is 3.30. The van der Waals surface area contributed by atoms with Gasteiger partial charge in [-0.1, -0.05) is 30.3 Å². The van der Waals surface area contributed by atoms with Gasteiger partial charge in [0.25, 0.3) is 0 Å². The van der Waals surface area contributed by atoms with Gasteiger partial charge in [-0.05, 0) is 36.9 Å². The van der Waals surface area contributed by atoms with Crippen LogP contribution in [0.4, 0.5) is 0 Å². The highest BCUT2D eigenvalue weighted by atomic mass is 16.3. The Labute approximate surface area is 112 Å². The Kier molecular flexibility index (Phi) is 4.37. The molecule has 0 aliphatic heterocycles. The summed E-state index contributed by atoms with van der Waals surface area (Å²) < 4.78 is 0. The molecule has 0 amide bonds. The van der Waals surface area contributed by atoms with Crippen molar-refractivity contribution in [3.05, 3.63) is 42.0 Å². The Bertz CT molecular complexity index is 556. The van der Waals surface area contributed by atoms with Gasteiger partial charge < -0.3 is 20.6 Å². The Hall–Kier alpha value is -1.62. The number of aliphatic hydroxyl groups is 2. The normalized spacial score (nSPS) is 14.5. The average Bonchev–Trinajstić information content (AvgIpc) is 2.44. The number of aliphatic hydroxyl groups excluding tert-OH is 2. The van der Waals surface area contributed by atoms with Gasteiger partial charge in [-0.3, -0.25) is 0 Å². The molecule has 0 bridgehead atoms. The van der Waals surface area contributed by atoms with E-state index in [9.17, 15) is 15.3 Å². The van der Waals surface area contributed by atoms with Crippen molar-refractivity contribution in [2.75, 3.05) is 13.6 Å². The lowest BCUT2D eigenvalue weighted by atomic mass is 9.95. The van der Waals surface area contributed by atoms with Crippen LogP contribution < -0.4 is 5.32 Å². The van der Waals surface area contributed by atoms with Crippen LogP contribution in [0.15, 0.2) is 36.4 Å². The highest BCUT2D eigenvalue weighted by Gasteiger charge is 2.23. The van der Waals surface area contributed by atoms with Gasteiger partial charge >= 0.3 is 0 Å². The van der Waals surface area contributed by atoms with Gasteiger partial charge in [0.2, 0.25) is 0 Å².